The SMILES string of the molecule is CN(C)CCNc1cc(F)cc(-c2ccnc3[nH]c(-c4n[nH]c5ccc(-c6cncc(NC(=O)CC7CCCCC7)c6)cc45)cc23)c1. The summed E-state index contributed by atoms with van der Waals surface area (Å²) in [6, 6.07) is 17.0. The summed E-state index contributed by atoms with van der Waals surface area (Å²) >= 11 is 0. The second-order valence-corrected chi connectivity index (χ2v) is 12.8. The molecule has 0 saturated heterocycles. The van der Waals surface area contributed by atoms with Crippen LogP contribution in [-0.4, -0.2) is 63.1 Å². The van der Waals surface area contributed by atoms with Crippen molar-refractivity contribution in [1.29, 1.82) is 0 Å². The topological polar surface area (TPSA) is 115 Å². The third kappa shape index (κ3) is 6.88. The highest BCUT2D eigenvalue weighted by Crippen LogP contribution is 2.36. The van der Waals surface area contributed by atoms with Crippen LogP contribution in [0, 0.1) is 11.7 Å². The molecular formula is C37H39FN8O. The first-order valence-corrected chi connectivity index (χ1v) is 16.3. The highest BCUT2D eigenvalue weighted by Gasteiger charge is 2.18. The molecule has 4 aromatic heterocycles. The lowest BCUT2D eigenvalue weighted by Gasteiger charge is -2.20. The van der Waals surface area contributed by atoms with E-state index in [1.54, 1.807) is 24.7 Å². The average molecular weight is 631 g/mol. The van der Waals surface area contributed by atoms with Crippen LogP contribution in [0.3, 0.4) is 0 Å². The molecular weight excluding hydrogens is 591 g/mol. The van der Waals surface area contributed by atoms with E-state index in [9.17, 15) is 9.18 Å². The molecule has 10 heteroatoms. The van der Waals surface area contributed by atoms with E-state index in [1.165, 1.54) is 25.3 Å². The highest BCUT2D eigenvalue weighted by atomic mass is 19.1. The number of carbonyl (C=O) groups is 1. The number of fused-ring (bicyclic) bond motifs is 2. The van der Waals surface area contributed by atoms with Gasteiger partial charge < -0.3 is 20.5 Å². The number of amides is 1. The van der Waals surface area contributed by atoms with Gasteiger partial charge in [0.2, 0.25) is 5.91 Å². The van der Waals surface area contributed by atoms with Crippen LogP contribution < -0.4 is 10.6 Å². The number of hydrogen-bond acceptors (Lipinski definition) is 6. The van der Waals surface area contributed by atoms with Gasteiger partial charge in [0, 0.05) is 53.9 Å². The molecule has 9 nitrogen and oxygen atoms in total. The Kier molecular flexibility index (Phi) is 8.67. The fraction of sp³-hybridized carbons (Fsp3) is 0.297. The number of halogens is 1. The Hall–Kier alpha value is -5.09. The van der Waals surface area contributed by atoms with Gasteiger partial charge in [0.1, 0.15) is 17.2 Å². The number of benzene rings is 2. The van der Waals surface area contributed by atoms with Crippen LogP contribution in [0.1, 0.15) is 38.5 Å². The summed E-state index contributed by atoms with van der Waals surface area (Å²) in [5.41, 5.74) is 8.05. The number of aromatic nitrogens is 5. The molecule has 4 N–H and O–H groups in total. The minimum atomic E-state index is -0.302. The van der Waals surface area contributed by atoms with Gasteiger partial charge in [-0.25, -0.2) is 9.37 Å². The maximum Gasteiger partial charge on any atom is 0.224 e. The number of aromatic amines is 2. The van der Waals surface area contributed by atoms with Crippen molar-refractivity contribution < 1.29 is 9.18 Å². The Labute approximate surface area is 273 Å². The standard InChI is InChI=1S/C37H39FN8O/c1-46(2)13-12-40-28-16-25(15-27(38)19-28)30-10-11-41-37-31(30)20-34(43-37)36-32-18-24(8-9-33(32)44-45-36)26-17-29(22-39-21-26)42-35(47)14-23-6-4-3-5-7-23/h8-11,15-23,40H,3-7,12-14H2,1-2H3,(H,41,43)(H,42,47)(H,44,45). The van der Waals surface area contributed by atoms with Crippen molar-refractivity contribution in [3.63, 3.8) is 0 Å². The molecule has 0 unspecified atom stereocenters. The van der Waals surface area contributed by atoms with E-state index in [1.807, 2.05) is 50.5 Å². The number of H-pyrrole nitrogens is 2. The van der Waals surface area contributed by atoms with Crippen molar-refractivity contribution in [2.45, 2.75) is 38.5 Å². The molecule has 1 aliphatic carbocycles. The van der Waals surface area contributed by atoms with Gasteiger partial charge >= 0.3 is 0 Å². The number of nitrogens with zero attached hydrogens (tertiary/aromatic N) is 4. The predicted molar refractivity (Wildman–Crippen MR) is 187 cm³/mol. The lowest BCUT2D eigenvalue weighted by molar-refractivity contribution is -0.117. The fourth-order valence-corrected chi connectivity index (χ4v) is 6.61. The van der Waals surface area contributed by atoms with E-state index in [0.29, 0.717) is 30.2 Å². The summed E-state index contributed by atoms with van der Waals surface area (Å²) in [6.07, 6.45) is 11.8. The third-order valence-electron chi connectivity index (χ3n) is 9.00. The van der Waals surface area contributed by atoms with E-state index >= 15 is 0 Å². The summed E-state index contributed by atoms with van der Waals surface area (Å²) in [5, 5.41) is 16.0. The summed E-state index contributed by atoms with van der Waals surface area (Å²) < 4.78 is 14.7. The Morgan fingerprint density at radius 1 is 0.936 bits per heavy atom. The molecule has 1 amide bonds. The lowest BCUT2D eigenvalue weighted by atomic mass is 9.87. The summed E-state index contributed by atoms with van der Waals surface area (Å²) in [6.45, 7) is 1.55. The second kappa shape index (κ2) is 13.3. The first-order chi connectivity index (χ1) is 22.9. The normalized spacial score (nSPS) is 13.9. The molecule has 0 radical (unpaired) electrons. The van der Waals surface area contributed by atoms with Gasteiger partial charge in [-0.2, -0.15) is 5.10 Å². The number of pyridine rings is 2. The van der Waals surface area contributed by atoms with Gasteiger partial charge in [-0.1, -0.05) is 25.3 Å². The molecule has 7 rings (SSSR count). The largest absolute Gasteiger partial charge is 0.384 e. The van der Waals surface area contributed by atoms with E-state index in [-0.39, 0.29) is 11.7 Å². The summed E-state index contributed by atoms with van der Waals surface area (Å²) in [5.74, 6) is 0.216. The molecule has 2 aromatic carbocycles. The quantitative estimate of drug-likeness (QED) is 0.123. The number of carbonyl (C=O) groups excluding carboxylic acids is 1. The van der Waals surface area contributed by atoms with Crippen LogP contribution >= 0.6 is 0 Å². The second-order valence-electron chi connectivity index (χ2n) is 12.8. The van der Waals surface area contributed by atoms with Crippen LogP contribution in [0.2, 0.25) is 0 Å². The zero-order valence-corrected chi connectivity index (χ0v) is 26.7. The van der Waals surface area contributed by atoms with E-state index in [0.717, 1.165) is 75.0 Å². The number of anilines is 2. The predicted octanol–water partition coefficient (Wildman–Crippen LogP) is 7.86. The first-order valence-electron chi connectivity index (χ1n) is 16.3. The zero-order valence-electron chi connectivity index (χ0n) is 26.7. The van der Waals surface area contributed by atoms with Crippen molar-refractivity contribution in [3.8, 4) is 33.6 Å². The minimum Gasteiger partial charge on any atom is -0.384 e. The van der Waals surface area contributed by atoms with Crippen LogP contribution in [0.15, 0.2) is 73.2 Å². The van der Waals surface area contributed by atoms with Gasteiger partial charge in [-0.05, 0) is 98.1 Å². The Bertz CT molecular complexity index is 2040. The molecule has 0 bridgehead atoms. The van der Waals surface area contributed by atoms with E-state index in [2.05, 4.69) is 46.7 Å². The van der Waals surface area contributed by atoms with Crippen LogP contribution in [0.25, 0.3) is 55.6 Å². The van der Waals surface area contributed by atoms with Crippen molar-refractivity contribution in [3.05, 3.63) is 79.0 Å². The molecule has 1 saturated carbocycles. The molecule has 0 spiro atoms. The average Bonchev–Trinajstić information content (AvgIpc) is 3.69. The van der Waals surface area contributed by atoms with Gasteiger partial charge in [-0.15, -0.1) is 0 Å². The Balaban J connectivity index is 1.16. The molecule has 6 aromatic rings. The molecule has 0 atom stereocenters. The van der Waals surface area contributed by atoms with Crippen molar-refractivity contribution >= 4 is 39.2 Å². The van der Waals surface area contributed by atoms with Crippen molar-refractivity contribution in [2.75, 3.05) is 37.8 Å². The Morgan fingerprint density at radius 2 is 1.79 bits per heavy atom. The fourth-order valence-electron chi connectivity index (χ4n) is 6.61. The van der Waals surface area contributed by atoms with E-state index in [4.69, 9.17) is 0 Å². The van der Waals surface area contributed by atoms with Gasteiger partial charge in [-0.3, -0.25) is 14.9 Å². The minimum absolute atomic E-state index is 0.0465. The monoisotopic (exact) mass is 630 g/mol. The summed E-state index contributed by atoms with van der Waals surface area (Å²) in [7, 11) is 4.02. The van der Waals surface area contributed by atoms with Crippen molar-refractivity contribution in [1.82, 2.24) is 30.0 Å². The Morgan fingerprint density at radius 3 is 2.64 bits per heavy atom. The third-order valence-corrected chi connectivity index (χ3v) is 9.00. The zero-order chi connectivity index (χ0) is 32.3. The molecule has 240 valence electrons. The number of hydrogen-bond donors (Lipinski definition) is 4. The summed E-state index contributed by atoms with van der Waals surface area (Å²) in [4.78, 5) is 27.3. The van der Waals surface area contributed by atoms with Crippen LogP contribution in [0.5, 0.6) is 0 Å². The van der Waals surface area contributed by atoms with Gasteiger partial charge in [0.15, 0.2) is 0 Å². The number of likely N-dealkylation sites (N-methyl/N-ethyl adjacent to an activating group) is 1. The molecule has 47 heavy (non-hydrogen) atoms. The van der Waals surface area contributed by atoms with Crippen LogP contribution in [0.4, 0.5) is 15.8 Å². The smallest absolute Gasteiger partial charge is 0.224 e. The molecule has 1 fully saturated rings. The molecule has 1 aliphatic rings. The van der Waals surface area contributed by atoms with Gasteiger partial charge in [0.05, 0.1) is 23.1 Å². The van der Waals surface area contributed by atoms with Crippen LogP contribution in [-0.2, 0) is 4.79 Å². The number of nitrogens with one attached hydrogen (secondary N) is 4. The molecule has 0 aliphatic heterocycles. The van der Waals surface area contributed by atoms with E-state index < -0.39 is 0 Å². The number of rotatable bonds is 10. The molecule has 4 heterocycles. The maximum absolute atomic E-state index is 14.7. The lowest BCUT2D eigenvalue weighted by Crippen LogP contribution is -2.20. The maximum atomic E-state index is 14.7. The van der Waals surface area contributed by atoms with Crippen molar-refractivity contribution in [2.24, 2.45) is 5.92 Å². The first kappa shape index (κ1) is 30.6. The highest BCUT2D eigenvalue weighted by molar-refractivity contribution is 6.01. The van der Waals surface area contributed by atoms with Gasteiger partial charge in [0.25, 0.3) is 0 Å².